The predicted molar refractivity (Wildman–Crippen MR) is 40.6 cm³/mol. The van der Waals surface area contributed by atoms with Crippen molar-refractivity contribution in [3.63, 3.8) is 0 Å². The molecule has 0 aromatic carbocycles. The van der Waals surface area contributed by atoms with E-state index in [1.807, 2.05) is 0 Å². The molecule has 0 saturated carbocycles. The standard InChI is InChI=1S/C5H13O6P/c1-2-11-12(9,10)5(8)4(7)3-6/h4-8H,2-3H2,1H3,(H,9,10)/t4-,5?/m0/s1. The van der Waals surface area contributed by atoms with Crippen LogP contribution in [0.4, 0.5) is 0 Å². The van der Waals surface area contributed by atoms with Gasteiger partial charge in [0.25, 0.3) is 0 Å². The number of rotatable bonds is 5. The summed E-state index contributed by atoms with van der Waals surface area (Å²) in [6, 6.07) is 0. The Hall–Kier alpha value is 0.0300. The molecule has 4 N–H and O–H groups in total. The van der Waals surface area contributed by atoms with Gasteiger partial charge in [-0.05, 0) is 6.92 Å². The van der Waals surface area contributed by atoms with Crippen molar-refractivity contribution in [1.29, 1.82) is 0 Å². The lowest BCUT2D eigenvalue weighted by Gasteiger charge is -2.20. The van der Waals surface area contributed by atoms with Gasteiger partial charge in [0.05, 0.1) is 13.2 Å². The Kier molecular flexibility index (Phi) is 4.92. The van der Waals surface area contributed by atoms with Crippen molar-refractivity contribution in [2.75, 3.05) is 13.2 Å². The average Bonchev–Trinajstić information content (AvgIpc) is 2.01. The molecule has 74 valence electrons. The van der Waals surface area contributed by atoms with Gasteiger partial charge in [-0.1, -0.05) is 0 Å². The summed E-state index contributed by atoms with van der Waals surface area (Å²) in [6.07, 6.45) is -1.66. The van der Waals surface area contributed by atoms with E-state index in [1.54, 1.807) is 0 Å². The first-order valence-electron chi connectivity index (χ1n) is 3.39. The van der Waals surface area contributed by atoms with E-state index in [0.717, 1.165) is 0 Å². The van der Waals surface area contributed by atoms with Crippen LogP contribution in [-0.2, 0) is 9.09 Å². The highest BCUT2D eigenvalue weighted by Gasteiger charge is 2.35. The number of hydrogen-bond acceptors (Lipinski definition) is 5. The second kappa shape index (κ2) is 4.91. The van der Waals surface area contributed by atoms with Crippen LogP contribution >= 0.6 is 7.60 Å². The summed E-state index contributed by atoms with van der Waals surface area (Å²) in [6.45, 7) is 0.628. The number of aliphatic hydroxyl groups excluding tert-OH is 3. The Bertz CT molecular complexity index is 171. The van der Waals surface area contributed by atoms with E-state index in [9.17, 15) is 4.57 Å². The van der Waals surface area contributed by atoms with Crippen molar-refractivity contribution in [1.82, 2.24) is 0 Å². The van der Waals surface area contributed by atoms with Gasteiger partial charge in [0.1, 0.15) is 6.10 Å². The molecule has 0 bridgehead atoms. The zero-order chi connectivity index (χ0) is 9.78. The topological polar surface area (TPSA) is 107 Å². The van der Waals surface area contributed by atoms with Gasteiger partial charge in [0.2, 0.25) is 0 Å². The van der Waals surface area contributed by atoms with E-state index < -0.39 is 26.2 Å². The third-order valence-corrected chi connectivity index (χ3v) is 2.82. The molecule has 2 unspecified atom stereocenters. The molecule has 0 aromatic heterocycles. The summed E-state index contributed by atoms with van der Waals surface area (Å²) < 4.78 is 15.2. The lowest BCUT2D eigenvalue weighted by Crippen LogP contribution is -2.29. The van der Waals surface area contributed by atoms with Crippen molar-refractivity contribution in [2.24, 2.45) is 0 Å². The molecule has 0 aliphatic rings. The van der Waals surface area contributed by atoms with Gasteiger partial charge in [-0.3, -0.25) is 4.57 Å². The molecule has 7 heteroatoms. The molecular weight excluding hydrogens is 187 g/mol. The van der Waals surface area contributed by atoms with E-state index in [-0.39, 0.29) is 6.61 Å². The Morgan fingerprint density at radius 3 is 2.33 bits per heavy atom. The highest BCUT2D eigenvalue weighted by Crippen LogP contribution is 2.47. The van der Waals surface area contributed by atoms with Crippen LogP contribution in [0.5, 0.6) is 0 Å². The van der Waals surface area contributed by atoms with Crippen LogP contribution in [0.1, 0.15) is 6.92 Å². The van der Waals surface area contributed by atoms with Gasteiger partial charge in [-0.15, -0.1) is 0 Å². The third-order valence-electron chi connectivity index (χ3n) is 1.18. The van der Waals surface area contributed by atoms with Gasteiger partial charge in [-0.25, -0.2) is 0 Å². The molecule has 0 aromatic rings. The minimum atomic E-state index is -4.21. The molecule has 0 rings (SSSR count). The summed E-state index contributed by atoms with van der Waals surface area (Å²) in [7, 11) is -4.21. The molecule has 12 heavy (non-hydrogen) atoms. The first kappa shape index (κ1) is 12.0. The van der Waals surface area contributed by atoms with E-state index in [1.165, 1.54) is 6.92 Å². The average molecular weight is 200 g/mol. The van der Waals surface area contributed by atoms with Crippen molar-refractivity contribution in [3.8, 4) is 0 Å². The summed E-state index contributed by atoms with van der Waals surface area (Å²) in [5.41, 5.74) is 0. The van der Waals surface area contributed by atoms with Crippen LogP contribution in [0.25, 0.3) is 0 Å². The fraction of sp³-hybridized carbons (Fsp3) is 1.00. The highest BCUT2D eigenvalue weighted by atomic mass is 31.2. The van der Waals surface area contributed by atoms with E-state index >= 15 is 0 Å². The first-order valence-corrected chi connectivity index (χ1v) is 5.04. The maximum Gasteiger partial charge on any atom is 0.359 e. The lowest BCUT2D eigenvalue weighted by molar-refractivity contribution is 0.0101. The molecule has 0 aliphatic carbocycles. The summed E-state index contributed by atoms with van der Waals surface area (Å²) in [5, 5.41) is 26.0. The van der Waals surface area contributed by atoms with Crippen molar-refractivity contribution >= 4 is 7.60 Å². The quantitative estimate of drug-likeness (QED) is 0.419. The van der Waals surface area contributed by atoms with E-state index in [0.29, 0.717) is 0 Å². The molecular formula is C5H13O6P. The molecule has 0 spiro atoms. The van der Waals surface area contributed by atoms with Gasteiger partial charge in [0, 0.05) is 0 Å². The van der Waals surface area contributed by atoms with Crippen LogP contribution in [0.3, 0.4) is 0 Å². The molecule has 0 heterocycles. The Morgan fingerprint density at radius 2 is 2.00 bits per heavy atom. The molecule has 0 saturated heterocycles. The molecule has 6 nitrogen and oxygen atoms in total. The summed E-state index contributed by atoms with van der Waals surface area (Å²) in [4.78, 5) is 8.90. The smallest absolute Gasteiger partial charge is 0.359 e. The Morgan fingerprint density at radius 1 is 1.50 bits per heavy atom. The largest absolute Gasteiger partial charge is 0.394 e. The van der Waals surface area contributed by atoms with Crippen molar-refractivity contribution in [2.45, 2.75) is 18.9 Å². The van der Waals surface area contributed by atoms with E-state index in [2.05, 4.69) is 4.52 Å². The molecule has 0 aliphatic heterocycles. The molecule has 0 radical (unpaired) electrons. The second-order valence-corrected chi connectivity index (χ2v) is 4.06. The number of aliphatic hydroxyl groups is 3. The van der Waals surface area contributed by atoms with Crippen LogP contribution in [0.15, 0.2) is 0 Å². The Labute approximate surface area is 70.0 Å². The predicted octanol–water partition coefficient (Wildman–Crippen LogP) is -1.12. The fourth-order valence-corrected chi connectivity index (χ4v) is 1.62. The minimum Gasteiger partial charge on any atom is -0.394 e. The van der Waals surface area contributed by atoms with Crippen LogP contribution in [-0.4, -0.2) is 45.4 Å². The zero-order valence-corrected chi connectivity index (χ0v) is 7.52. The second-order valence-electron chi connectivity index (χ2n) is 2.15. The summed E-state index contributed by atoms with van der Waals surface area (Å²) >= 11 is 0. The maximum atomic E-state index is 10.9. The highest BCUT2D eigenvalue weighted by molar-refractivity contribution is 7.53. The summed E-state index contributed by atoms with van der Waals surface area (Å²) in [5.74, 6) is -1.96. The van der Waals surface area contributed by atoms with Gasteiger partial charge >= 0.3 is 7.60 Å². The van der Waals surface area contributed by atoms with Gasteiger partial charge < -0.3 is 24.7 Å². The maximum absolute atomic E-state index is 10.9. The van der Waals surface area contributed by atoms with Gasteiger partial charge in [0.15, 0.2) is 5.85 Å². The van der Waals surface area contributed by atoms with Crippen LogP contribution < -0.4 is 0 Å². The molecule has 0 amide bonds. The monoisotopic (exact) mass is 200 g/mol. The SMILES string of the molecule is CCOP(=O)(O)C(O)[C@@H](O)CO. The Balaban J connectivity index is 4.24. The van der Waals surface area contributed by atoms with Crippen LogP contribution in [0, 0.1) is 0 Å². The number of hydrogen-bond donors (Lipinski definition) is 4. The van der Waals surface area contributed by atoms with Crippen molar-refractivity contribution < 1.29 is 29.3 Å². The lowest BCUT2D eigenvalue weighted by atomic mass is 10.4. The normalized spacial score (nSPS) is 21.4. The first-order chi connectivity index (χ1) is 5.45. The van der Waals surface area contributed by atoms with E-state index in [4.69, 9.17) is 20.2 Å². The van der Waals surface area contributed by atoms with Gasteiger partial charge in [-0.2, -0.15) is 0 Å². The van der Waals surface area contributed by atoms with Crippen LogP contribution in [0.2, 0.25) is 0 Å². The zero-order valence-electron chi connectivity index (χ0n) is 6.62. The molecule has 3 atom stereocenters. The third kappa shape index (κ3) is 3.18. The molecule has 0 fully saturated rings. The fourth-order valence-electron chi connectivity index (χ4n) is 0.573. The van der Waals surface area contributed by atoms with Crippen molar-refractivity contribution in [3.05, 3.63) is 0 Å². The minimum absolute atomic E-state index is 0.0526.